The number of nitrogens with zero attached hydrogens (tertiary/aromatic N) is 1. The first kappa shape index (κ1) is 16.3. The number of hydrogen-bond donors (Lipinski definition) is 1. The molecule has 1 aliphatic heterocycles. The van der Waals surface area contributed by atoms with Gasteiger partial charge < -0.3 is 10.2 Å². The molecule has 1 saturated carbocycles. The molecule has 1 heterocycles. The molecular weight excluding hydrogens is 264 g/mol. The van der Waals surface area contributed by atoms with Crippen molar-refractivity contribution in [3.63, 3.8) is 0 Å². The van der Waals surface area contributed by atoms with Crippen LogP contribution in [-0.2, 0) is 9.59 Å². The van der Waals surface area contributed by atoms with Crippen LogP contribution in [0.2, 0.25) is 0 Å². The van der Waals surface area contributed by atoms with Gasteiger partial charge in [-0.05, 0) is 38.0 Å². The Bertz CT molecular complexity index is 417. The first-order valence-electron chi connectivity index (χ1n) is 8.52. The van der Waals surface area contributed by atoms with E-state index in [9.17, 15) is 9.59 Å². The molecule has 21 heavy (non-hydrogen) atoms. The van der Waals surface area contributed by atoms with Gasteiger partial charge in [-0.25, -0.2) is 0 Å². The first-order valence-corrected chi connectivity index (χ1v) is 8.52. The lowest BCUT2D eigenvalue weighted by atomic mass is 9.75. The van der Waals surface area contributed by atoms with Gasteiger partial charge in [0.05, 0.1) is 0 Å². The zero-order chi connectivity index (χ0) is 15.8. The molecule has 0 spiro atoms. The predicted molar refractivity (Wildman–Crippen MR) is 83.7 cm³/mol. The Morgan fingerprint density at radius 1 is 1.14 bits per heavy atom. The van der Waals surface area contributed by atoms with E-state index in [2.05, 4.69) is 19.2 Å². The van der Waals surface area contributed by atoms with Crippen LogP contribution in [0.4, 0.5) is 0 Å². The zero-order valence-electron chi connectivity index (χ0n) is 14.1. The SMILES string of the molecule is CCC1(CC)NC(=O)C(C)N(C2CCCC(C)C2C)C1=O. The van der Waals surface area contributed by atoms with Crippen LogP contribution < -0.4 is 5.32 Å². The lowest BCUT2D eigenvalue weighted by Gasteiger charge is -2.51. The molecule has 2 amide bonds. The van der Waals surface area contributed by atoms with E-state index in [4.69, 9.17) is 0 Å². The fraction of sp³-hybridized carbons (Fsp3) is 0.882. The molecule has 2 fully saturated rings. The largest absolute Gasteiger partial charge is 0.340 e. The summed E-state index contributed by atoms with van der Waals surface area (Å²) in [6, 6.07) is -0.138. The van der Waals surface area contributed by atoms with Gasteiger partial charge in [0.2, 0.25) is 11.8 Å². The Labute approximate surface area is 128 Å². The van der Waals surface area contributed by atoms with E-state index in [-0.39, 0.29) is 23.9 Å². The van der Waals surface area contributed by atoms with Crippen molar-refractivity contribution >= 4 is 11.8 Å². The standard InChI is InChI=1S/C17H30N2O2/c1-6-17(7-2)16(21)19(13(5)15(20)18-17)14-10-8-9-11(3)12(14)4/h11-14H,6-10H2,1-5H3,(H,18,20). The minimum atomic E-state index is -0.690. The zero-order valence-corrected chi connectivity index (χ0v) is 14.1. The quantitative estimate of drug-likeness (QED) is 0.870. The summed E-state index contributed by atoms with van der Waals surface area (Å²) >= 11 is 0. The molecule has 0 radical (unpaired) electrons. The van der Waals surface area contributed by atoms with Crippen molar-refractivity contribution in [2.75, 3.05) is 0 Å². The number of carbonyl (C=O) groups excluding carboxylic acids is 2. The van der Waals surface area contributed by atoms with Gasteiger partial charge in [0.1, 0.15) is 11.6 Å². The molecule has 4 atom stereocenters. The highest BCUT2D eigenvalue weighted by Gasteiger charge is 2.50. The van der Waals surface area contributed by atoms with Crippen molar-refractivity contribution < 1.29 is 9.59 Å². The van der Waals surface area contributed by atoms with Gasteiger partial charge in [0, 0.05) is 6.04 Å². The lowest BCUT2D eigenvalue weighted by molar-refractivity contribution is -0.160. The van der Waals surface area contributed by atoms with Crippen LogP contribution in [0, 0.1) is 11.8 Å². The summed E-state index contributed by atoms with van der Waals surface area (Å²) in [5.41, 5.74) is -0.690. The smallest absolute Gasteiger partial charge is 0.249 e. The molecule has 2 rings (SSSR count). The van der Waals surface area contributed by atoms with Crippen molar-refractivity contribution in [1.29, 1.82) is 0 Å². The van der Waals surface area contributed by atoms with Gasteiger partial charge in [-0.3, -0.25) is 9.59 Å². The number of carbonyl (C=O) groups is 2. The number of hydrogen-bond acceptors (Lipinski definition) is 2. The number of amides is 2. The normalized spacial score (nSPS) is 36.5. The minimum absolute atomic E-state index is 0.00345. The van der Waals surface area contributed by atoms with Gasteiger partial charge in [-0.15, -0.1) is 0 Å². The third-order valence-electron chi connectivity index (χ3n) is 6.03. The van der Waals surface area contributed by atoms with E-state index in [0.29, 0.717) is 24.7 Å². The Balaban J connectivity index is 2.34. The molecule has 2 aliphatic rings. The maximum Gasteiger partial charge on any atom is 0.249 e. The predicted octanol–water partition coefficient (Wildman–Crippen LogP) is 2.72. The second-order valence-corrected chi connectivity index (χ2v) is 7.00. The topological polar surface area (TPSA) is 49.4 Å². The van der Waals surface area contributed by atoms with E-state index < -0.39 is 5.54 Å². The molecule has 0 aromatic heterocycles. The van der Waals surface area contributed by atoms with Crippen LogP contribution in [0.25, 0.3) is 0 Å². The van der Waals surface area contributed by atoms with Crippen LogP contribution in [0.1, 0.15) is 66.7 Å². The monoisotopic (exact) mass is 294 g/mol. The van der Waals surface area contributed by atoms with Crippen molar-refractivity contribution in [1.82, 2.24) is 10.2 Å². The van der Waals surface area contributed by atoms with Crippen molar-refractivity contribution in [2.45, 2.75) is 84.3 Å². The fourth-order valence-electron chi connectivity index (χ4n) is 4.06. The van der Waals surface area contributed by atoms with E-state index in [0.717, 1.165) is 12.8 Å². The lowest BCUT2D eigenvalue weighted by Crippen LogP contribution is -2.72. The summed E-state index contributed by atoms with van der Waals surface area (Å²) in [4.78, 5) is 27.5. The minimum Gasteiger partial charge on any atom is -0.340 e. The molecule has 1 saturated heterocycles. The van der Waals surface area contributed by atoms with Gasteiger partial charge in [-0.1, -0.05) is 40.5 Å². The second-order valence-electron chi connectivity index (χ2n) is 7.00. The molecule has 0 aromatic rings. The molecule has 120 valence electrons. The van der Waals surface area contributed by atoms with Gasteiger partial charge in [0.25, 0.3) is 0 Å². The summed E-state index contributed by atoms with van der Waals surface area (Å²) in [6.45, 7) is 10.4. The average Bonchev–Trinajstić information content (AvgIpc) is 2.47. The third-order valence-corrected chi connectivity index (χ3v) is 6.03. The summed E-state index contributed by atoms with van der Waals surface area (Å²) in [5.74, 6) is 1.21. The summed E-state index contributed by atoms with van der Waals surface area (Å²) < 4.78 is 0. The molecule has 4 heteroatoms. The van der Waals surface area contributed by atoms with E-state index in [1.54, 1.807) is 0 Å². The van der Waals surface area contributed by atoms with Crippen LogP contribution in [-0.4, -0.2) is 34.3 Å². The second kappa shape index (κ2) is 5.98. The maximum atomic E-state index is 13.1. The highest BCUT2D eigenvalue weighted by atomic mass is 16.2. The number of nitrogens with one attached hydrogen (secondary N) is 1. The molecule has 0 bridgehead atoms. The molecule has 1 N–H and O–H groups in total. The summed E-state index contributed by atoms with van der Waals surface area (Å²) in [6.07, 6.45) is 4.73. The van der Waals surface area contributed by atoms with E-state index in [1.807, 2.05) is 25.7 Å². The highest BCUT2D eigenvalue weighted by Crippen LogP contribution is 2.37. The van der Waals surface area contributed by atoms with Crippen molar-refractivity contribution in [2.24, 2.45) is 11.8 Å². The van der Waals surface area contributed by atoms with Crippen LogP contribution in [0.15, 0.2) is 0 Å². The highest BCUT2D eigenvalue weighted by molar-refractivity contribution is 5.99. The van der Waals surface area contributed by atoms with Gasteiger partial charge in [-0.2, -0.15) is 0 Å². The van der Waals surface area contributed by atoms with Crippen molar-refractivity contribution in [3.05, 3.63) is 0 Å². The third kappa shape index (κ3) is 2.58. The van der Waals surface area contributed by atoms with Gasteiger partial charge >= 0.3 is 0 Å². The summed E-state index contributed by atoms with van der Waals surface area (Å²) in [7, 11) is 0. The Kier molecular flexibility index (Phi) is 4.64. The molecule has 1 aliphatic carbocycles. The average molecular weight is 294 g/mol. The van der Waals surface area contributed by atoms with Crippen LogP contribution in [0.5, 0.6) is 0 Å². The fourth-order valence-corrected chi connectivity index (χ4v) is 4.06. The molecule has 4 unspecified atom stereocenters. The van der Waals surface area contributed by atoms with Crippen molar-refractivity contribution in [3.8, 4) is 0 Å². The Hall–Kier alpha value is -1.06. The number of piperazine rings is 1. The van der Waals surface area contributed by atoms with E-state index >= 15 is 0 Å². The summed E-state index contributed by atoms with van der Waals surface area (Å²) in [5, 5.41) is 2.99. The van der Waals surface area contributed by atoms with E-state index in [1.165, 1.54) is 6.42 Å². The Morgan fingerprint density at radius 3 is 2.33 bits per heavy atom. The van der Waals surface area contributed by atoms with Crippen LogP contribution >= 0.6 is 0 Å². The molecule has 0 aromatic carbocycles. The van der Waals surface area contributed by atoms with Gasteiger partial charge in [0.15, 0.2) is 0 Å². The van der Waals surface area contributed by atoms with Crippen LogP contribution in [0.3, 0.4) is 0 Å². The Morgan fingerprint density at radius 2 is 1.76 bits per heavy atom. The first-order chi connectivity index (χ1) is 9.88. The molecule has 4 nitrogen and oxygen atoms in total. The molecular formula is C17H30N2O2. The number of rotatable bonds is 3. The maximum absolute atomic E-state index is 13.1.